The molecule has 0 saturated carbocycles. The number of para-hydroxylation sites is 2. The summed E-state index contributed by atoms with van der Waals surface area (Å²) in [5.41, 5.74) is 2.10. The lowest BCUT2D eigenvalue weighted by Gasteiger charge is -2.62. The molecule has 228 valence electrons. The van der Waals surface area contributed by atoms with Crippen molar-refractivity contribution in [2.24, 2.45) is 10.8 Å². The Hall–Kier alpha value is -1.97. The van der Waals surface area contributed by atoms with Gasteiger partial charge in [0.25, 0.3) is 0 Å². The van der Waals surface area contributed by atoms with E-state index in [0.29, 0.717) is 0 Å². The van der Waals surface area contributed by atoms with Gasteiger partial charge in [0.1, 0.15) is 12.2 Å². The van der Waals surface area contributed by atoms with Gasteiger partial charge in [0.2, 0.25) is 0 Å². The standard InChI is InChI=1S/C34H54O5Si2/c1-31(2,3)33(40(9)10,27-21-19-23-15-13-17-25(35-7)29(23)37-27)39-34(41(11)12,32(4,5)6)28-22-20-24-16-14-18-26(36-8)30(24)38-28/h13-18,27-28,40-41H,19-22H2,1-12H3/t27-,28-,33?,34?/m1/s1. The normalized spacial score (nSPS) is 22.1. The van der Waals surface area contributed by atoms with E-state index in [-0.39, 0.29) is 23.0 Å². The molecule has 0 spiro atoms. The van der Waals surface area contributed by atoms with Crippen LogP contribution in [0.5, 0.6) is 23.0 Å². The average Bonchev–Trinajstić information content (AvgIpc) is 2.90. The largest absolute Gasteiger partial charge is 0.493 e. The molecule has 0 N–H and O–H groups in total. The second-order valence-corrected chi connectivity index (χ2v) is 21.0. The summed E-state index contributed by atoms with van der Waals surface area (Å²) < 4.78 is 33.8. The molecule has 2 heterocycles. The second-order valence-electron chi connectivity index (χ2n) is 14.7. The molecule has 2 aliphatic rings. The van der Waals surface area contributed by atoms with Gasteiger partial charge >= 0.3 is 0 Å². The molecule has 0 fully saturated rings. The first-order valence-electron chi connectivity index (χ1n) is 15.5. The molecule has 2 aromatic rings. The van der Waals surface area contributed by atoms with Crippen LogP contribution in [0.15, 0.2) is 36.4 Å². The fraction of sp³-hybridized carbons (Fsp3) is 0.647. The highest BCUT2D eigenvalue weighted by molar-refractivity contribution is 6.61. The Labute approximate surface area is 252 Å². The number of fused-ring (bicyclic) bond motifs is 2. The van der Waals surface area contributed by atoms with Gasteiger partial charge in [-0.05, 0) is 59.8 Å². The molecule has 0 saturated heterocycles. The molecule has 41 heavy (non-hydrogen) atoms. The van der Waals surface area contributed by atoms with Crippen LogP contribution in [0.4, 0.5) is 0 Å². The zero-order valence-electron chi connectivity index (χ0n) is 27.6. The van der Waals surface area contributed by atoms with E-state index in [9.17, 15) is 0 Å². The summed E-state index contributed by atoms with van der Waals surface area (Å²) in [5.74, 6) is 3.38. The molecule has 4 atom stereocenters. The third-order valence-corrected chi connectivity index (χ3v) is 15.9. The Morgan fingerprint density at radius 3 is 1.29 bits per heavy atom. The predicted octanol–water partition coefficient (Wildman–Crippen LogP) is 7.43. The highest BCUT2D eigenvalue weighted by Gasteiger charge is 2.63. The highest BCUT2D eigenvalue weighted by Crippen LogP contribution is 2.54. The monoisotopic (exact) mass is 598 g/mol. The summed E-state index contributed by atoms with van der Waals surface area (Å²) in [6, 6.07) is 12.5. The number of hydrogen-bond donors (Lipinski definition) is 0. The summed E-state index contributed by atoms with van der Waals surface area (Å²) in [7, 11) is 0.352. The molecule has 2 unspecified atom stereocenters. The van der Waals surface area contributed by atoms with Gasteiger partial charge in [-0.3, -0.25) is 0 Å². The Morgan fingerprint density at radius 2 is 1.00 bits per heavy atom. The van der Waals surface area contributed by atoms with Crippen molar-refractivity contribution in [2.75, 3.05) is 14.2 Å². The zero-order chi connectivity index (χ0) is 30.4. The summed E-state index contributed by atoms with van der Waals surface area (Å²) in [6.07, 6.45) is 3.57. The van der Waals surface area contributed by atoms with E-state index in [1.165, 1.54) is 11.1 Å². The van der Waals surface area contributed by atoms with Gasteiger partial charge in [0.15, 0.2) is 23.0 Å². The minimum Gasteiger partial charge on any atom is -0.493 e. The van der Waals surface area contributed by atoms with E-state index >= 15 is 0 Å². The van der Waals surface area contributed by atoms with E-state index in [4.69, 9.17) is 23.7 Å². The number of hydrogen-bond acceptors (Lipinski definition) is 5. The van der Waals surface area contributed by atoms with Crippen LogP contribution in [0.1, 0.15) is 65.5 Å². The van der Waals surface area contributed by atoms with Crippen molar-refractivity contribution in [1.82, 2.24) is 0 Å². The van der Waals surface area contributed by atoms with Crippen LogP contribution in [-0.2, 0) is 17.6 Å². The van der Waals surface area contributed by atoms with Crippen molar-refractivity contribution < 1.29 is 23.7 Å². The van der Waals surface area contributed by atoms with Gasteiger partial charge < -0.3 is 23.7 Å². The number of rotatable bonds is 8. The Balaban J connectivity index is 1.89. The van der Waals surface area contributed by atoms with Crippen LogP contribution in [0, 0.1) is 10.8 Å². The molecule has 2 aromatic carbocycles. The van der Waals surface area contributed by atoms with Gasteiger partial charge in [0.05, 0.1) is 42.3 Å². The molecule has 5 nitrogen and oxygen atoms in total. The molecular weight excluding hydrogens is 545 g/mol. The fourth-order valence-corrected chi connectivity index (χ4v) is 14.5. The zero-order valence-corrected chi connectivity index (χ0v) is 30.0. The van der Waals surface area contributed by atoms with E-state index in [1.54, 1.807) is 14.2 Å². The number of methoxy groups -OCH3 is 2. The topological polar surface area (TPSA) is 46.2 Å². The second kappa shape index (κ2) is 11.6. The van der Waals surface area contributed by atoms with E-state index in [0.717, 1.165) is 48.7 Å². The summed E-state index contributed by atoms with van der Waals surface area (Å²) in [4.78, 5) is 0. The first-order valence-corrected chi connectivity index (χ1v) is 21.3. The van der Waals surface area contributed by atoms with Crippen molar-refractivity contribution in [3.05, 3.63) is 47.5 Å². The first-order chi connectivity index (χ1) is 19.1. The Morgan fingerprint density at radius 1 is 0.634 bits per heavy atom. The molecule has 0 radical (unpaired) electrons. The third-order valence-electron chi connectivity index (χ3n) is 9.79. The van der Waals surface area contributed by atoms with E-state index in [1.807, 2.05) is 12.1 Å². The van der Waals surface area contributed by atoms with E-state index < -0.39 is 28.0 Å². The third kappa shape index (κ3) is 5.35. The van der Waals surface area contributed by atoms with Gasteiger partial charge in [-0.2, -0.15) is 0 Å². The van der Waals surface area contributed by atoms with Crippen molar-refractivity contribution in [1.29, 1.82) is 0 Å². The maximum atomic E-state index is 8.13. The number of ether oxygens (including phenoxy) is 5. The van der Waals surface area contributed by atoms with E-state index in [2.05, 4.69) is 92.0 Å². The van der Waals surface area contributed by atoms with Crippen molar-refractivity contribution in [3.63, 3.8) is 0 Å². The van der Waals surface area contributed by atoms with Crippen LogP contribution >= 0.6 is 0 Å². The Kier molecular flexibility index (Phi) is 9.05. The van der Waals surface area contributed by atoms with Gasteiger partial charge in [-0.25, -0.2) is 0 Å². The molecular formula is C34H54O5Si2. The van der Waals surface area contributed by atoms with Crippen LogP contribution in [0.25, 0.3) is 0 Å². The molecule has 7 heteroatoms. The molecule has 0 aliphatic carbocycles. The smallest absolute Gasteiger partial charge is 0.164 e. The summed E-state index contributed by atoms with van der Waals surface area (Å²) in [6.45, 7) is 23.9. The minimum absolute atomic E-state index is 0.0853. The molecule has 0 aromatic heterocycles. The minimum atomic E-state index is -1.55. The van der Waals surface area contributed by atoms with Crippen LogP contribution < -0.4 is 18.9 Å². The maximum absolute atomic E-state index is 8.13. The highest BCUT2D eigenvalue weighted by atomic mass is 28.3. The van der Waals surface area contributed by atoms with Crippen molar-refractivity contribution in [3.8, 4) is 23.0 Å². The molecule has 2 aliphatic heterocycles. The van der Waals surface area contributed by atoms with Gasteiger partial charge in [-0.1, -0.05) is 92.0 Å². The van der Waals surface area contributed by atoms with Crippen LogP contribution in [-0.4, -0.2) is 54.5 Å². The number of aryl methyl sites for hydroxylation is 2. The van der Waals surface area contributed by atoms with Gasteiger partial charge in [-0.15, -0.1) is 0 Å². The SMILES string of the molecule is COc1cccc2c1O[C@@H](C(OC([C@H]1CCc3cccc(OC)c3O1)([SiH](C)C)C(C)(C)C)([SiH](C)C)C(C)(C)C)CC2. The lowest BCUT2D eigenvalue weighted by molar-refractivity contribution is -0.229. The average molecular weight is 599 g/mol. The number of benzene rings is 2. The Bertz CT molecular complexity index is 1090. The molecule has 0 amide bonds. The molecule has 0 bridgehead atoms. The maximum Gasteiger partial charge on any atom is 0.164 e. The quantitative estimate of drug-likeness (QED) is 0.296. The van der Waals surface area contributed by atoms with Crippen molar-refractivity contribution in [2.45, 2.75) is 116 Å². The fourth-order valence-electron chi connectivity index (χ4n) is 8.08. The van der Waals surface area contributed by atoms with Crippen LogP contribution in [0.2, 0.25) is 26.2 Å². The lowest BCUT2D eigenvalue weighted by Crippen LogP contribution is -2.75. The predicted molar refractivity (Wildman–Crippen MR) is 175 cm³/mol. The van der Waals surface area contributed by atoms with Gasteiger partial charge in [0, 0.05) is 0 Å². The molecule has 4 rings (SSSR count). The van der Waals surface area contributed by atoms with Crippen molar-refractivity contribution >= 4 is 17.6 Å². The summed E-state index contributed by atoms with van der Waals surface area (Å²) >= 11 is 0. The first kappa shape index (κ1) is 32.0. The van der Waals surface area contributed by atoms with Crippen LogP contribution in [0.3, 0.4) is 0 Å². The summed E-state index contributed by atoms with van der Waals surface area (Å²) in [5, 5.41) is -0.916. The lowest BCUT2D eigenvalue weighted by atomic mass is 9.78.